The summed E-state index contributed by atoms with van der Waals surface area (Å²) >= 11 is 0. The SMILES string of the molecule is CCC(CC(=O)Nc1cc(N)ccc1C)C(C)C. The molecular weight excluding hydrogens is 224 g/mol. The maximum absolute atomic E-state index is 12.0. The maximum Gasteiger partial charge on any atom is 0.224 e. The average Bonchev–Trinajstić information content (AvgIpc) is 2.30. The summed E-state index contributed by atoms with van der Waals surface area (Å²) in [6.07, 6.45) is 1.60. The van der Waals surface area contributed by atoms with Crippen LogP contribution >= 0.6 is 0 Å². The third-order valence-electron chi connectivity index (χ3n) is 3.45. The van der Waals surface area contributed by atoms with E-state index in [0.717, 1.165) is 17.7 Å². The summed E-state index contributed by atoms with van der Waals surface area (Å²) in [5.41, 5.74) is 8.26. The summed E-state index contributed by atoms with van der Waals surface area (Å²) in [7, 11) is 0. The number of carbonyl (C=O) groups is 1. The van der Waals surface area contributed by atoms with Crippen molar-refractivity contribution in [2.45, 2.75) is 40.5 Å². The van der Waals surface area contributed by atoms with E-state index in [-0.39, 0.29) is 5.91 Å². The summed E-state index contributed by atoms with van der Waals surface area (Å²) < 4.78 is 0. The molecule has 0 aliphatic carbocycles. The van der Waals surface area contributed by atoms with E-state index in [0.29, 0.717) is 23.9 Å². The molecule has 0 aromatic heterocycles. The van der Waals surface area contributed by atoms with Gasteiger partial charge >= 0.3 is 0 Å². The van der Waals surface area contributed by atoms with Crippen molar-refractivity contribution < 1.29 is 4.79 Å². The predicted octanol–water partition coefficient (Wildman–Crippen LogP) is 3.59. The largest absolute Gasteiger partial charge is 0.399 e. The van der Waals surface area contributed by atoms with Crippen molar-refractivity contribution in [3.05, 3.63) is 23.8 Å². The molecule has 0 bridgehead atoms. The van der Waals surface area contributed by atoms with Crippen molar-refractivity contribution in [2.24, 2.45) is 11.8 Å². The van der Waals surface area contributed by atoms with Crippen LogP contribution in [-0.2, 0) is 4.79 Å². The van der Waals surface area contributed by atoms with Gasteiger partial charge in [-0.1, -0.05) is 33.3 Å². The highest BCUT2D eigenvalue weighted by Gasteiger charge is 2.16. The second-order valence-electron chi connectivity index (χ2n) is 5.24. The number of nitrogens with two attached hydrogens (primary N) is 1. The lowest BCUT2D eigenvalue weighted by atomic mass is 9.90. The molecule has 0 aliphatic heterocycles. The van der Waals surface area contributed by atoms with Gasteiger partial charge < -0.3 is 11.1 Å². The first-order chi connectivity index (χ1) is 8.43. The molecule has 0 fully saturated rings. The first-order valence-electron chi connectivity index (χ1n) is 6.60. The minimum Gasteiger partial charge on any atom is -0.399 e. The van der Waals surface area contributed by atoms with Gasteiger partial charge in [-0.2, -0.15) is 0 Å². The van der Waals surface area contributed by atoms with Crippen LogP contribution in [0.2, 0.25) is 0 Å². The van der Waals surface area contributed by atoms with Gasteiger partial charge in [0.2, 0.25) is 5.91 Å². The fraction of sp³-hybridized carbons (Fsp3) is 0.533. The number of benzene rings is 1. The second kappa shape index (κ2) is 6.43. The topological polar surface area (TPSA) is 55.1 Å². The van der Waals surface area contributed by atoms with Gasteiger partial charge in [-0.05, 0) is 36.5 Å². The first-order valence-corrected chi connectivity index (χ1v) is 6.60. The molecule has 0 radical (unpaired) electrons. The second-order valence-corrected chi connectivity index (χ2v) is 5.24. The number of aryl methyl sites for hydroxylation is 1. The first kappa shape index (κ1) is 14.6. The third-order valence-corrected chi connectivity index (χ3v) is 3.45. The van der Waals surface area contributed by atoms with Gasteiger partial charge in [-0.3, -0.25) is 4.79 Å². The number of hydrogen-bond donors (Lipinski definition) is 2. The molecule has 0 heterocycles. The van der Waals surface area contributed by atoms with Crippen molar-refractivity contribution in [1.82, 2.24) is 0 Å². The zero-order chi connectivity index (χ0) is 13.7. The minimum absolute atomic E-state index is 0.0734. The third kappa shape index (κ3) is 4.06. The number of nitrogen functional groups attached to an aromatic ring is 1. The van der Waals surface area contributed by atoms with Crippen molar-refractivity contribution in [3.8, 4) is 0 Å². The molecule has 1 aromatic rings. The minimum atomic E-state index is 0.0734. The van der Waals surface area contributed by atoms with Crippen molar-refractivity contribution in [1.29, 1.82) is 0 Å². The van der Waals surface area contributed by atoms with E-state index in [1.807, 2.05) is 25.1 Å². The van der Waals surface area contributed by atoms with Gasteiger partial charge in [-0.15, -0.1) is 0 Å². The van der Waals surface area contributed by atoms with Crippen molar-refractivity contribution >= 4 is 17.3 Å². The van der Waals surface area contributed by atoms with Gasteiger partial charge in [0.25, 0.3) is 0 Å². The molecule has 0 spiro atoms. The smallest absolute Gasteiger partial charge is 0.224 e. The molecule has 1 atom stereocenters. The zero-order valence-electron chi connectivity index (χ0n) is 11.8. The standard InChI is InChI=1S/C15H24N2O/c1-5-12(10(2)3)8-15(18)17-14-9-13(16)7-6-11(14)4/h6-7,9-10,12H,5,8,16H2,1-4H3,(H,17,18). The Morgan fingerprint density at radius 1 is 1.39 bits per heavy atom. The molecule has 1 unspecified atom stereocenters. The number of amides is 1. The molecule has 0 saturated heterocycles. The molecule has 1 amide bonds. The monoisotopic (exact) mass is 248 g/mol. The Kier molecular flexibility index (Phi) is 5.20. The fourth-order valence-electron chi connectivity index (χ4n) is 2.07. The molecule has 3 heteroatoms. The summed E-state index contributed by atoms with van der Waals surface area (Å²) in [5, 5.41) is 2.95. The van der Waals surface area contributed by atoms with E-state index in [9.17, 15) is 4.79 Å². The van der Waals surface area contributed by atoms with E-state index < -0.39 is 0 Å². The van der Waals surface area contributed by atoms with Crippen LogP contribution in [0.5, 0.6) is 0 Å². The van der Waals surface area contributed by atoms with Gasteiger partial charge in [0, 0.05) is 17.8 Å². The van der Waals surface area contributed by atoms with Crippen LogP contribution in [0.3, 0.4) is 0 Å². The van der Waals surface area contributed by atoms with Crippen molar-refractivity contribution in [2.75, 3.05) is 11.1 Å². The highest BCUT2D eigenvalue weighted by atomic mass is 16.1. The molecule has 100 valence electrons. The number of rotatable bonds is 5. The fourth-order valence-corrected chi connectivity index (χ4v) is 2.07. The van der Waals surface area contributed by atoms with Gasteiger partial charge in [0.15, 0.2) is 0 Å². The maximum atomic E-state index is 12.0. The quantitative estimate of drug-likeness (QED) is 0.782. The number of carbonyl (C=O) groups excluding carboxylic acids is 1. The van der Waals surface area contributed by atoms with E-state index in [1.54, 1.807) is 0 Å². The lowest BCUT2D eigenvalue weighted by Gasteiger charge is -2.18. The Hall–Kier alpha value is -1.51. The normalized spacial score (nSPS) is 12.5. The Morgan fingerprint density at radius 2 is 2.06 bits per heavy atom. The molecule has 0 saturated carbocycles. The highest BCUT2D eigenvalue weighted by molar-refractivity contribution is 5.92. The molecule has 3 N–H and O–H groups in total. The molecular formula is C15H24N2O. The van der Waals surface area contributed by atoms with Crippen LogP contribution in [0, 0.1) is 18.8 Å². The molecule has 1 rings (SSSR count). The van der Waals surface area contributed by atoms with Crippen molar-refractivity contribution in [3.63, 3.8) is 0 Å². The Balaban J connectivity index is 2.67. The molecule has 3 nitrogen and oxygen atoms in total. The summed E-state index contributed by atoms with van der Waals surface area (Å²) in [4.78, 5) is 12.0. The average molecular weight is 248 g/mol. The number of anilines is 2. The van der Waals surface area contributed by atoms with E-state index >= 15 is 0 Å². The van der Waals surface area contributed by atoms with E-state index in [4.69, 9.17) is 5.73 Å². The molecule has 18 heavy (non-hydrogen) atoms. The highest BCUT2D eigenvalue weighted by Crippen LogP contribution is 2.22. The van der Waals surface area contributed by atoms with Crippen LogP contribution in [-0.4, -0.2) is 5.91 Å². The van der Waals surface area contributed by atoms with Gasteiger partial charge in [-0.25, -0.2) is 0 Å². The van der Waals surface area contributed by atoms with Crippen LogP contribution in [0.4, 0.5) is 11.4 Å². The van der Waals surface area contributed by atoms with Crippen LogP contribution in [0.25, 0.3) is 0 Å². The van der Waals surface area contributed by atoms with Crippen LogP contribution in [0.1, 0.15) is 39.2 Å². The lowest BCUT2D eigenvalue weighted by molar-refractivity contribution is -0.117. The van der Waals surface area contributed by atoms with Crippen LogP contribution < -0.4 is 11.1 Å². The number of nitrogens with one attached hydrogen (secondary N) is 1. The van der Waals surface area contributed by atoms with Crippen LogP contribution in [0.15, 0.2) is 18.2 Å². The molecule has 1 aromatic carbocycles. The van der Waals surface area contributed by atoms with Gasteiger partial charge in [0.1, 0.15) is 0 Å². The zero-order valence-corrected chi connectivity index (χ0v) is 11.8. The van der Waals surface area contributed by atoms with Gasteiger partial charge in [0.05, 0.1) is 0 Å². The Labute approximate surface area is 110 Å². The summed E-state index contributed by atoms with van der Waals surface area (Å²) in [6, 6.07) is 5.57. The number of hydrogen-bond acceptors (Lipinski definition) is 2. The Bertz CT molecular complexity index is 413. The van der Waals surface area contributed by atoms with E-state index in [1.165, 1.54) is 0 Å². The van der Waals surface area contributed by atoms with E-state index in [2.05, 4.69) is 26.1 Å². The summed E-state index contributed by atoms with van der Waals surface area (Å²) in [6.45, 7) is 8.42. The Morgan fingerprint density at radius 3 is 2.61 bits per heavy atom. The predicted molar refractivity (Wildman–Crippen MR) is 77.5 cm³/mol. The lowest BCUT2D eigenvalue weighted by Crippen LogP contribution is -2.19. The summed E-state index contributed by atoms with van der Waals surface area (Å²) in [5.74, 6) is 1.04. The molecule has 0 aliphatic rings.